The van der Waals surface area contributed by atoms with Crippen molar-refractivity contribution in [2.45, 2.75) is 18.9 Å². The van der Waals surface area contributed by atoms with Crippen LogP contribution in [0.3, 0.4) is 0 Å². The SMILES string of the molecule is O=C(c1cnc(OC2CCOCC2)c(Cl)c1)N1CCN(C(=O)c2ccco2)CC1. The topological polar surface area (TPSA) is 85.1 Å². The van der Waals surface area contributed by atoms with E-state index in [1.165, 1.54) is 12.5 Å². The molecule has 154 valence electrons. The lowest BCUT2D eigenvalue weighted by Crippen LogP contribution is -2.50. The summed E-state index contributed by atoms with van der Waals surface area (Å²) in [4.78, 5) is 32.8. The highest BCUT2D eigenvalue weighted by Gasteiger charge is 2.27. The number of carbonyl (C=O) groups is 2. The summed E-state index contributed by atoms with van der Waals surface area (Å²) < 4.78 is 16.3. The number of amides is 2. The number of ether oxygens (including phenoxy) is 2. The molecular weight excluding hydrogens is 398 g/mol. The van der Waals surface area contributed by atoms with Crippen molar-refractivity contribution >= 4 is 23.4 Å². The van der Waals surface area contributed by atoms with Gasteiger partial charge in [-0.05, 0) is 18.2 Å². The largest absolute Gasteiger partial charge is 0.473 e. The normalized spacial score (nSPS) is 18.0. The fourth-order valence-electron chi connectivity index (χ4n) is 3.43. The molecule has 4 rings (SSSR count). The highest BCUT2D eigenvalue weighted by atomic mass is 35.5. The summed E-state index contributed by atoms with van der Waals surface area (Å²) in [6.45, 7) is 3.07. The van der Waals surface area contributed by atoms with E-state index in [4.69, 9.17) is 25.5 Å². The maximum absolute atomic E-state index is 12.8. The van der Waals surface area contributed by atoms with E-state index in [0.717, 1.165) is 12.8 Å². The molecule has 0 N–H and O–H groups in total. The van der Waals surface area contributed by atoms with Gasteiger partial charge in [-0.3, -0.25) is 9.59 Å². The second kappa shape index (κ2) is 8.84. The van der Waals surface area contributed by atoms with Crippen LogP contribution in [0.25, 0.3) is 0 Å². The van der Waals surface area contributed by atoms with Crippen molar-refractivity contribution in [2.75, 3.05) is 39.4 Å². The molecular formula is C20H22ClN3O5. The van der Waals surface area contributed by atoms with Gasteiger partial charge >= 0.3 is 0 Å². The van der Waals surface area contributed by atoms with Crippen molar-refractivity contribution < 1.29 is 23.5 Å². The summed E-state index contributed by atoms with van der Waals surface area (Å²) in [5.74, 6) is 0.313. The highest BCUT2D eigenvalue weighted by Crippen LogP contribution is 2.26. The van der Waals surface area contributed by atoms with Gasteiger partial charge in [0.05, 0.1) is 25.0 Å². The van der Waals surface area contributed by atoms with Crippen LogP contribution in [0.1, 0.15) is 33.8 Å². The van der Waals surface area contributed by atoms with Crippen molar-refractivity contribution in [1.29, 1.82) is 0 Å². The first-order valence-electron chi connectivity index (χ1n) is 9.64. The summed E-state index contributed by atoms with van der Waals surface area (Å²) in [6, 6.07) is 4.91. The first kappa shape index (κ1) is 19.7. The Morgan fingerprint density at radius 1 is 1.10 bits per heavy atom. The van der Waals surface area contributed by atoms with Crippen LogP contribution in [0.15, 0.2) is 35.1 Å². The number of aromatic nitrogens is 1. The molecule has 0 atom stereocenters. The maximum atomic E-state index is 12.8. The van der Waals surface area contributed by atoms with E-state index in [1.807, 2.05) is 0 Å². The van der Waals surface area contributed by atoms with Crippen LogP contribution in [0, 0.1) is 0 Å². The predicted octanol–water partition coefficient (Wildman–Crippen LogP) is 2.48. The third-order valence-electron chi connectivity index (χ3n) is 5.09. The Kier molecular flexibility index (Phi) is 6.01. The molecule has 2 aliphatic rings. The summed E-state index contributed by atoms with van der Waals surface area (Å²) in [5.41, 5.74) is 0.403. The van der Waals surface area contributed by atoms with Crippen LogP contribution in [0.4, 0.5) is 0 Å². The lowest BCUT2D eigenvalue weighted by molar-refractivity contribution is 0.0237. The molecule has 0 spiro atoms. The summed E-state index contributed by atoms with van der Waals surface area (Å²) in [5, 5.41) is 0.314. The van der Waals surface area contributed by atoms with Crippen LogP contribution < -0.4 is 4.74 Å². The molecule has 9 heteroatoms. The lowest BCUT2D eigenvalue weighted by Gasteiger charge is -2.34. The van der Waals surface area contributed by atoms with Gasteiger partial charge < -0.3 is 23.7 Å². The van der Waals surface area contributed by atoms with Crippen LogP contribution in [-0.4, -0.2) is 72.1 Å². The molecule has 29 heavy (non-hydrogen) atoms. The fourth-order valence-corrected chi connectivity index (χ4v) is 3.64. The van der Waals surface area contributed by atoms with Crippen molar-refractivity contribution in [2.24, 2.45) is 0 Å². The molecule has 0 saturated carbocycles. The molecule has 4 heterocycles. The van der Waals surface area contributed by atoms with Crippen LogP contribution >= 0.6 is 11.6 Å². The summed E-state index contributed by atoms with van der Waals surface area (Å²) in [7, 11) is 0. The molecule has 2 aliphatic heterocycles. The van der Waals surface area contributed by atoms with Crippen molar-refractivity contribution in [3.8, 4) is 5.88 Å². The molecule has 2 aromatic heterocycles. The highest BCUT2D eigenvalue weighted by molar-refractivity contribution is 6.32. The van der Waals surface area contributed by atoms with E-state index in [2.05, 4.69) is 4.98 Å². The zero-order chi connectivity index (χ0) is 20.2. The number of pyridine rings is 1. The molecule has 2 fully saturated rings. The number of nitrogens with zero attached hydrogens (tertiary/aromatic N) is 3. The van der Waals surface area contributed by atoms with Crippen molar-refractivity contribution in [3.05, 3.63) is 47.0 Å². The zero-order valence-electron chi connectivity index (χ0n) is 15.9. The molecule has 0 aromatic carbocycles. The Morgan fingerprint density at radius 3 is 2.41 bits per heavy atom. The van der Waals surface area contributed by atoms with Gasteiger partial charge in [-0.25, -0.2) is 4.98 Å². The monoisotopic (exact) mass is 419 g/mol. The van der Waals surface area contributed by atoms with Gasteiger partial charge in [-0.15, -0.1) is 0 Å². The molecule has 2 aromatic rings. The standard InChI is InChI=1S/C20H22ClN3O5/c21-16-12-14(13-22-18(16)29-15-3-10-27-11-4-15)19(25)23-5-7-24(8-6-23)20(26)17-2-1-9-28-17/h1-2,9,12-13,15H,3-8,10-11H2. The molecule has 0 bridgehead atoms. The zero-order valence-corrected chi connectivity index (χ0v) is 16.6. The second-order valence-corrected chi connectivity index (χ2v) is 7.41. The fraction of sp³-hybridized carbons (Fsp3) is 0.450. The number of furan rings is 1. The third-order valence-corrected chi connectivity index (χ3v) is 5.36. The van der Waals surface area contributed by atoms with Gasteiger partial charge in [0, 0.05) is 45.2 Å². The lowest BCUT2D eigenvalue weighted by atomic mass is 10.1. The quantitative estimate of drug-likeness (QED) is 0.756. The van der Waals surface area contributed by atoms with E-state index in [0.29, 0.717) is 61.6 Å². The maximum Gasteiger partial charge on any atom is 0.289 e. The Morgan fingerprint density at radius 2 is 1.79 bits per heavy atom. The summed E-state index contributed by atoms with van der Waals surface area (Å²) in [6.07, 6.45) is 4.57. The second-order valence-electron chi connectivity index (χ2n) is 7.00. The first-order chi connectivity index (χ1) is 14.1. The van der Waals surface area contributed by atoms with Gasteiger partial charge in [-0.2, -0.15) is 0 Å². The molecule has 8 nitrogen and oxygen atoms in total. The third kappa shape index (κ3) is 4.54. The number of hydrogen-bond acceptors (Lipinski definition) is 6. The van der Waals surface area contributed by atoms with Gasteiger partial charge in [-0.1, -0.05) is 11.6 Å². The van der Waals surface area contributed by atoms with E-state index >= 15 is 0 Å². The van der Waals surface area contributed by atoms with Gasteiger partial charge in [0.1, 0.15) is 11.1 Å². The predicted molar refractivity (Wildman–Crippen MR) is 104 cm³/mol. The number of halogens is 1. The Bertz CT molecular complexity index is 859. The van der Waals surface area contributed by atoms with Gasteiger partial charge in [0.25, 0.3) is 11.8 Å². The molecule has 0 aliphatic carbocycles. The number of rotatable bonds is 4. The van der Waals surface area contributed by atoms with Crippen LogP contribution in [-0.2, 0) is 4.74 Å². The van der Waals surface area contributed by atoms with Crippen LogP contribution in [0.5, 0.6) is 5.88 Å². The Labute approximate surface area is 173 Å². The Hall–Kier alpha value is -2.58. The minimum atomic E-state index is -0.165. The first-order valence-corrected chi connectivity index (χ1v) is 10.0. The smallest absolute Gasteiger partial charge is 0.289 e. The van der Waals surface area contributed by atoms with Crippen LogP contribution in [0.2, 0.25) is 5.02 Å². The molecule has 0 unspecified atom stereocenters. The van der Waals surface area contributed by atoms with Crippen molar-refractivity contribution in [3.63, 3.8) is 0 Å². The molecule has 2 saturated heterocycles. The molecule has 0 radical (unpaired) electrons. The van der Waals surface area contributed by atoms with Crippen molar-refractivity contribution in [1.82, 2.24) is 14.8 Å². The van der Waals surface area contributed by atoms with E-state index in [9.17, 15) is 9.59 Å². The minimum absolute atomic E-state index is 0.0232. The number of carbonyl (C=O) groups excluding carboxylic acids is 2. The summed E-state index contributed by atoms with van der Waals surface area (Å²) >= 11 is 6.30. The number of hydrogen-bond donors (Lipinski definition) is 0. The average molecular weight is 420 g/mol. The molecule has 2 amide bonds. The Balaban J connectivity index is 1.35. The average Bonchev–Trinajstić information content (AvgIpc) is 3.30. The van der Waals surface area contributed by atoms with E-state index in [1.54, 1.807) is 28.0 Å². The number of piperazine rings is 1. The van der Waals surface area contributed by atoms with E-state index in [-0.39, 0.29) is 17.9 Å². The van der Waals surface area contributed by atoms with Gasteiger partial charge in [0.2, 0.25) is 5.88 Å². The van der Waals surface area contributed by atoms with Gasteiger partial charge in [0.15, 0.2) is 5.76 Å². The van der Waals surface area contributed by atoms with E-state index < -0.39 is 0 Å². The minimum Gasteiger partial charge on any atom is -0.473 e.